The van der Waals surface area contributed by atoms with Crippen molar-refractivity contribution in [3.05, 3.63) is 66.2 Å². The summed E-state index contributed by atoms with van der Waals surface area (Å²) in [4.78, 5) is 20.4. The lowest BCUT2D eigenvalue weighted by Gasteiger charge is -2.07. The van der Waals surface area contributed by atoms with Crippen LogP contribution >= 0.6 is 11.8 Å². The number of hydrogen-bond acceptors (Lipinski definition) is 4. The Morgan fingerprint density at radius 2 is 1.87 bits per heavy atom. The van der Waals surface area contributed by atoms with Gasteiger partial charge >= 0.3 is 0 Å². The summed E-state index contributed by atoms with van der Waals surface area (Å²) in [5.41, 5.74) is 1.31. The first kappa shape index (κ1) is 15.4. The molecule has 3 aromatic rings. The summed E-state index contributed by atoms with van der Waals surface area (Å²) in [6.07, 6.45) is 1.49. The topological polar surface area (TPSA) is 54.9 Å². The van der Waals surface area contributed by atoms with E-state index in [1.165, 1.54) is 24.2 Å². The molecule has 2 aromatic carbocycles. The number of carbonyl (C=O) groups is 1. The first-order valence-corrected chi connectivity index (χ1v) is 8.05. The van der Waals surface area contributed by atoms with Crippen LogP contribution in [-0.2, 0) is 11.3 Å². The maximum atomic E-state index is 13.5. The van der Waals surface area contributed by atoms with Gasteiger partial charge in [0.15, 0.2) is 0 Å². The SMILES string of the molecule is O=C(CSc1ncnc2ccccc12)NCc1ccccc1F. The number of nitrogens with zero attached hydrogens (tertiary/aromatic N) is 2. The molecule has 116 valence electrons. The Morgan fingerprint density at radius 3 is 2.74 bits per heavy atom. The number of fused-ring (bicyclic) bond motifs is 1. The number of para-hydroxylation sites is 1. The Balaban J connectivity index is 1.59. The number of thioether (sulfide) groups is 1. The van der Waals surface area contributed by atoms with Crippen LogP contribution in [0.5, 0.6) is 0 Å². The van der Waals surface area contributed by atoms with Crippen molar-refractivity contribution in [1.29, 1.82) is 0 Å². The van der Waals surface area contributed by atoms with Gasteiger partial charge in [-0.3, -0.25) is 4.79 Å². The number of amides is 1. The maximum absolute atomic E-state index is 13.5. The van der Waals surface area contributed by atoms with Gasteiger partial charge in [-0.2, -0.15) is 0 Å². The van der Waals surface area contributed by atoms with E-state index in [0.717, 1.165) is 15.9 Å². The molecule has 1 amide bonds. The van der Waals surface area contributed by atoms with Crippen LogP contribution in [0.1, 0.15) is 5.56 Å². The highest BCUT2D eigenvalue weighted by atomic mass is 32.2. The van der Waals surface area contributed by atoms with Gasteiger partial charge in [-0.15, -0.1) is 0 Å². The van der Waals surface area contributed by atoms with E-state index in [1.54, 1.807) is 18.2 Å². The number of halogens is 1. The maximum Gasteiger partial charge on any atom is 0.230 e. The molecule has 0 saturated heterocycles. The minimum absolute atomic E-state index is 0.166. The first-order valence-electron chi connectivity index (χ1n) is 7.06. The molecule has 0 radical (unpaired) electrons. The molecular formula is C17H14FN3OS. The second-order valence-corrected chi connectivity index (χ2v) is 5.82. The van der Waals surface area contributed by atoms with Crippen LogP contribution in [-0.4, -0.2) is 21.6 Å². The summed E-state index contributed by atoms with van der Waals surface area (Å²) in [5, 5.41) is 4.39. The Kier molecular flexibility index (Phi) is 4.83. The Bertz CT molecular complexity index is 835. The molecule has 0 bridgehead atoms. The lowest BCUT2D eigenvalue weighted by molar-refractivity contribution is -0.118. The van der Waals surface area contributed by atoms with E-state index >= 15 is 0 Å². The second kappa shape index (κ2) is 7.19. The minimum atomic E-state index is -0.317. The fourth-order valence-corrected chi connectivity index (χ4v) is 2.94. The zero-order chi connectivity index (χ0) is 16.1. The van der Waals surface area contributed by atoms with Crippen LogP contribution in [0.3, 0.4) is 0 Å². The Morgan fingerprint density at radius 1 is 1.09 bits per heavy atom. The molecule has 0 atom stereocenters. The third-order valence-electron chi connectivity index (χ3n) is 3.28. The number of nitrogens with one attached hydrogen (secondary N) is 1. The second-order valence-electron chi connectivity index (χ2n) is 4.85. The van der Waals surface area contributed by atoms with Crippen LogP contribution in [0.15, 0.2) is 59.9 Å². The molecule has 4 nitrogen and oxygen atoms in total. The van der Waals surface area contributed by atoms with E-state index in [1.807, 2.05) is 24.3 Å². The van der Waals surface area contributed by atoms with Gasteiger partial charge in [-0.1, -0.05) is 48.2 Å². The van der Waals surface area contributed by atoms with Crippen molar-refractivity contribution in [3.63, 3.8) is 0 Å². The molecule has 0 unspecified atom stereocenters. The van der Waals surface area contributed by atoms with Gasteiger partial charge in [-0.05, 0) is 12.1 Å². The van der Waals surface area contributed by atoms with E-state index in [2.05, 4.69) is 15.3 Å². The van der Waals surface area contributed by atoms with Crippen molar-refractivity contribution >= 4 is 28.6 Å². The predicted molar refractivity (Wildman–Crippen MR) is 88.5 cm³/mol. The highest BCUT2D eigenvalue weighted by Crippen LogP contribution is 2.23. The normalized spacial score (nSPS) is 10.7. The van der Waals surface area contributed by atoms with Crippen molar-refractivity contribution in [2.45, 2.75) is 11.6 Å². The lowest BCUT2D eigenvalue weighted by Crippen LogP contribution is -2.25. The average molecular weight is 327 g/mol. The highest BCUT2D eigenvalue weighted by Gasteiger charge is 2.08. The van der Waals surface area contributed by atoms with Crippen LogP contribution in [0.2, 0.25) is 0 Å². The fourth-order valence-electron chi connectivity index (χ4n) is 2.12. The zero-order valence-corrected chi connectivity index (χ0v) is 13.0. The van der Waals surface area contributed by atoms with E-state index in [4.69, 9.17) is 0 Å². The summed E-state index contributed by atoms with van der Waals surface area (Å²) in [6, 6.07) is 14.0. The minimum Gasteiger partial charge on any atom is -0.351 e. The molecule has 0 aliphatic heterocycles. The van der Waals surface area contributed by atoms with E-state index in [9.17, 15) is 9.18 Å². The van der Waals surface area contributed by atoms with Crippen molar-refractivity contribution in [3.8, 4) is 0 Å². The van der Waals surface area contributed by atoms with Crippen LogP contribution < -0.4 is 5.32 Å². The number of carbonyl (C=O) groups excluding carboxylic acids is 1. The molecule has 0 aliphatic carbocycles. The largest absolute Gasteiger partial charge is 0.351 e. The molecule has 0 aliphatic rings. The van der Waals surface area contributed by atoms with E-state index in [-0.39, 0.29) is 24.0 Å². The average Bonchev–Trinajstić information content (AvgIpc) is 2.59. The van der Waals surface area contributed by atoms with Gasteiger partial charge in [0, 0.05) is 17.5 Å². The molecule has 0 spiro atoms. The number of hydrogen-bond donors (Lipinski definition) is 1. The van der Waals surface area contributed by atoms with Gasteiger partial charge in [0.25, 0.3) is 0 Å². The fraction of sp³-hybridized carbons (Fsp3) is 0.118. The molecular weight excluding hydrogens is 313 g/mol. The molecule has 0 saturated carbocycles. The van der Waals surface area contributed by atoms with Gasteiger partial charge in [0.1, 0.15) is 17.2 Å². The monoisotopic (exact) mass is 327 g/mol. The van der Waals surface area contributed by atoms with Crippen molar-refractivity contribution < 1.29 is 9.18 Å². The smallest absolute Gasteiger partial charge is 0.230 e. The molecule has 1 aromatic heterocycles. The summed E-state index contributed by atoms with van der Waals surface area (Å²) >= 11 is 1.34. The third-order valence-corrected chi connectivity index (χ3v) is 4.29. The van der Waals surface area contributed by atoms with Gasteiger partial charge < -0.3 is 5.32 Å². The molecule has 23 heavy (non-hydrogen) atoms. The van der Waals surface area contributed by atoms with Gasteiger partial charge in [-0.25, -0.2) is 14.4 Å². The van der Waals surface area contributed by atoms with Crippen LogP contribution in [0.25, 0.3) is 10.9 Å². The summed E-state index contributed by atoms with van der Waals surface area (Å²) < 4.78 is 13.5. The molecule has 1 N–H and O–H groups in total. The van der Waals surface area contributed by atoms with Crippen molar-refractivity contribution in [2.75, 3.05) is 5.75 Å². The molecule has 1 heterocycles. The zero-order valence-electron chi connectivity index (χ0n) is 12.2. The Hall–Kier alpha value is -2.47. The first-order chi connectivity index (χ1) is 11.2. The van der Waals surface area contributed by atoms with Crippen LogP contribution in [0.4, 0.5) is 4.39 Å². The molecule has 0 fully saturated rings. The summed E-state index contributed by atoms with van der Waals surface area (Å²) in [7, 11) is 0. The number of rotatable bonds is 5. The van der Waals surface area contributed by atoms with E-state index in [0.29, 0.717) is 5.56 Å². The highest BCUT2D eigenvalue weighted by molar-refractivity contribution is 8.00. The standard InChI is InChI=1S/C17H14FN3OS/c18-14-7-3-1-5-12(14)9-19-16(22)10-23-17-13-6-2-4-8-15(13)20-11-21-17/h1-8,11H,9-10H2,(H,19,22). The van der Waals surface area contributed by atoms with Crippen molar-refractivity contribution in [2.24, 2.45) is 0 Å². The summed E-state index contributed by atoms with van der Waals surface area (Å²) in [5.74, 6) is -0.265. The Labute approximate surface area is 137 Å². The lowest BCUT2D eigenvalue weighted by atomic mass is 10.2. The number of benzene rings is 2. The van der Waals surface area contributed by atoms with Gasteiger partial charge in [0.05, 0.1) is 11.3 Å². The number of aromatic nitrogens is 2. The molecule has 6 heteroatoms. The van der Waals surface area contributed by atoms with Crippen LogP contribution in [0, 0.1) is 5.82 Å². The third kappa shape index (κ3) is 3.84. The quantitative estimate of drug-likeness (QED) is 0.578. The van der Waals surface area contributed by atoms with Gasteiger partial charge in [0.2, 0.25) is 5.91 Å². The molecule has 3 rings (SSSR count). The summed E-state index contributed by atoms with van der Waals surface area (Å²) in [6.45, 7) is 0.177. The van der Waals surface area contributed by atoms with Crippen molar-refractivity contribution in [1.82, 2.24) is 15.3 Å². The predicted octanol–water partition coefficient (Wildman–Crippen LogP) is 3.18. The van der Waals surface area contributed by atoms with E-state index < -0.39 is 0 Å².